The molecule has 24 nitrogen and oxygen atoms in total. The molecule has 0 aliphatic rings. The molecule has 0 amide bonds. The van der Waals surface area contributed by atoms with Crippen LogP contribution in [0.5, 0.6) is 17.2 Å². The summed E-state index contributed by atoms with van der Waals surface area (Å²) in [6.07, 6.45) is 16.6. The first-order valence-corrected chi connectivity index (χ1v) is 19.5. The number of carbonyl (C=O) groups excluding carboxylic acids is 6. The third-order valence-corrected chi connectivity index (χ3v) is 7.81. The molecule has 70 heavy (non-hydrogen) atoms. The maximum atomic E-state index is 10.3. The maximum absolute atomic E-state index is 10.3. The molecule has 366 valence electrons. The first-order chi connectivity index (χ1) is 32.6. The standard InChI is InChI=1S/3C9H11NO3.3C6H6N2O2.Mo/c3*10-8(9(12)13)5-6-1-3-7(11)4-2-6;3*9-6(10)2-1-5-3-7-4-8-5;/h3*1-4,8,11H,5,10H2,(H,12,13);3*1-4H,(H,7,8)(H,9,10);/q;;;;;;+6/p-6/t3*8-;;;;/m000..../s1. The van der Waals surface area contributed by atoms with E-state index in [4.69, 9.17) is 32.5 Å². The van der Waals surface area contributed by atoms with Crippen molar-refractivity contribution in [1.82, 2.24) is 29.9 Å². The van der Waals surface area contributed by atoms with E-state index in [0.717, 1.165) is 34.9 Å². The van der Waals surface area contributed by atoms with Crippen molar-refractivity contribution in [2.75, 3.05) is 0 Å². The number of nitrogens with two attached hydrogens (primary N) is 3. The fraction of sp³-hybridized carbons (Fsp3) is 0.133. The SMILES string of the molecule is N[C@@H](Cc1ccc(O)cc1)C(=O)[O-].N[C@@H](Cc1ccc(O)cc1)C(=O)[O-].N[C@@H](Cc1ccc(O)cc1)C(=O)[O-].O=C([O-])C=Cc1c[nH]cn1.O=C([O-])C=Cc1c[nH]cn1.O=C([O-])C=Cc1c[nH]cn1.[Mo+6]. The van der Waals surface area contributed by atoms with Gasteiger partial charge in [-0.3, -0.25) is 0 Å². The zero-order valence-corrected chi connectivity index (χ0v) is 38.4. The van der Waals surface area contributed by atoms with Crippen LogP contribution in [0.2, 0.25) is 0 Å². The number of aromatic amines is 3. The van der Waals surface area contributed by atoms with Crippen molar-refractivity contribution in [3.05, 3.63) is 162 Å². The molecule has 0 fully saturated rings. The van der Waals surface area contributed by atoms with Gasteiger partial charge in [0.1, 0.15) is 17.2 Å². The van der Waals surface area contributed by atoms with Gasteiger partial charge in [0, 0.05) is 36.7 Å². The number of aromatic nitrogens is 6. The third kappa shape index (κ3) is 30.5. The van der Waals surface area contributed by atoms with Crippen molar-refractivity contribution >= 4 is 54.0 Å². The first kappa shape index (κ1) is 61.3. The Kier molecular flexibility index (Phi) is 30.3. The fourth-order valence-electron chi connectivity index (χ4n) is 4.46. The summed E-state index contributed by atoms with van der Waals surface area (Å²) in [5.41, 5.74) is 19.8. The number of H-pyrrole nitrogens is 3. The molecule has 3 aromatic heterocycles. The zero-order valence-electron chi connectivity index (χ0n) is 36.4. The minimum absolute atomic E-state index is 0. The molecule has 0 saturated carbocycles. The predicted molar refractivity (Wildman–Crippen MR) is 232 cm³/mol. The van der Waals surface area contributed by atoms with Gasteiger partial charge in [0.15, 0.2) is 0 Å². The number of aromatic hydroxyl groups is 3. The van der Waals surface area contributed by atoms with Gasteiger partial charge in [0.2, 0.25) is 0 Å². The number of phenols is 3. The predicted octanol–water partition coefficient (Wildman–Crippen LogP) is -5.45. The van der Waals surface area contributed by atoms with Gasteiger partial charge in [-0.15, -0.1) is 0 Å². The van der Waals surface area contributed by atoms with Crippen LogP contribution in [0.4, 0.5) is 0 Å². The Hall–Kier alpha value is -8.70. The molecule has 6 rings (SSSR count). The van der Waals surface area contributed by atoms with E-state index in [9.17, 15) is 59.4 Å². The van der Waals surface area contributed by atoms with Crippen LogP contribution < -0.4 is 47.8 Å². The third-order valence-electron chi connectivity index (χ3n) is 7.81. The average Bonchev–Trinajstić information content (AvgIpc) is 4.14. The molecule has 3 aromatic carbocycles. The smallest absolute Gasteiger partial charge is 0.548 e. The molecule has 12 N–H and O–H groups in total. The number of carboxylic acids is 6. The summed E-state index contributed by atoms with van der Waals surface area (Å²) in [5.74, 6) is -7.04. The molecular weight excluding hydrogens is 1000 g/mol. The summed E-state index contributed by atoms with van der Waals surface area (Å²) in [4.78, 5) is 79.7. The number of carboxylic acid groups (broad SMARTS) is 6. The Morgan fingerprint density at radius 3 is 0.814 bits per heavy atom. The molecule has 0 aliphatic carbocycles. The van der Waals surface area contributed by atoms with E-state index in [1.807, 2.05) is 0 Å². The molecule has 25 heteroatoms. The van der Waals surface area contributed by atoms with Crippen LogP contribution >= 0.6 is 0 Å². The number of hydrogen-bond acceptors (Lipinski definition) is 21. The summed E-state index contributed by atoms with van der Waals surface area (Å²) in [6, 6.07) is 15.7. The number of nitrogens with one attached hydrogen (secondary N) is 3. The monoisotopic (exact) mass is 1050 g/mol. The molecule has 0 saturated heterocycles. The van der Waals surface area contributed by atoms with Crippen LogP contribution in [0.15, 0.2) is 129 Å². The number of imidazole rings is 3. The molecule has 6 aromatic rings. The second-order valence-electron chi connectivity index (χ2n) is 13.3. The van der Waals surface area contributed by atoms with E-state index in [1.54, 1.807) is 55.0 Å². The Labute approximate surface area is 412 Å². The molecule has 0 spiro atoms. The van der Waals surface area contributed by atoms with Gasteiger partial charge in [-0.1, -0.05) is 36.4 Å². The Bertz CT molecular complexity index is 2240. The van der Waals surface area contributed by atoms with E-state index in [0.29, 0.717) is 17.1 Å². The van der Waals surface area contributed by atoms with Gasteiger partial charge in [-0.25, -0.2) is 15.0 Å². The van der Waals surface area contributed by atoms with Crippen LogP contribution in [0, 0.1) is 0 Å². The zero-order chi connectivity index (χ0) is 51.7. The quantitative estimate of drug-likeness (QED) is 0.0342. The van der Waals surface area contributed by atoms with Gasteiger partial charge in [0.25, 0.3) is 0 Å². The largest absolute Gasteiger partial charge is 6.00 e. The summed E-state index contributed by atoms with van der Waals surface area (Å²) >= 11 is 0. The van der Waals surface area contributed by atoms with Crippen molar-refractivity contribution in [2.45, 2.75) is 37.4 Å². The van der Waals surface area contributed by atoms with Crippen LogP contribution in [-0.4, -0.2) is 99.2 Å². The van der Waals surface area contributed by atoms with Crippen molar-refractivity contribution in [3.8, 4) is 17.2 Å². The van der Waals surface area contributed by atoms with Crippen LogP contribution in [0.1, 0.15) is 33.8 Å². The minimum Gasteiger partial charge on any atom is -0.548 e. The van der Waals surface area contributed by atoms with Gasteiger partial charge in [-0.2, -0.15) is 0 Å². The summed E-state index contributed by atoms with van der Waals surface area (Å²) in [7, 11) is 0. The van der Waals surface area contributed by atoms with E-state index >= 15 is 0 Å². The molecule has 3 atom stereocenters. The number of phenolic OH excluding ortho intramolecular Hbond substituents is 3. The molecule has 3 heterocycles. The summed E-state index contributed by atoms with van der Waals surface area (Å²) in [6.45, 7) is 0. The van der Waals surface area contributed by atoms with E-state index in [-0.39, 0.29) is 57.6 Å². The number of carbonyl (C=O) groups is 6. The van der Waals surface area contributed by atoms with Gasteiger partial charge in [-0.05, 0) is 109 Å². The number of nitrogens with zero attached hydrogens (tertiary/aromatic N) is 3. The Morgan fingerprint density at radius 2 is 0.657 bits per heavy atom. The van der Waals surface area contributed by atoms with Crippen molar-refractivity contribution in [2.24, 2.45) is 17.2 Å². The molecule has 0 unspecified atom stereocenters. The summed E-state index contributed by atoms with van der Waals surface area (Å²) in [5, 5.41) is 87.3. The van der Waals surface area contributed by atoms with E-state index in [2.05, 4.69) is 29.9 Å². The van der Waals surface area contributed by atoms with Gasteiger partial charge in [0.05, 0.1) is 71.9 Å². The van der Waals surface area contributed by atoms with E-state index in [1.165, 1.54) is 73.6 Å². The summed E-state index contributed by atoms with van der Waals surface area (Å²) < 4.78 is 0. The Morgan fingerprint density at radius 1 is 0.443 bits per heavy atom. The molecule has 0 radical (unpaired) electrons. The maximum Gasteiger partial charge on any atom is 6.00 e. The molecule has 0 aliphatic heterocycles. The second-order valence-corrected chi connectivity index (χ2v) is 13.3. The number of benzene rings is 3. The minimum atomic E-state index is -1.27. The van der Waals surface area contributed by atoms with Crippen molar-refractivity contribution in [1.29, 1.82) is 0 Å². The molecular formula is C45H45MoN9O15. The first-order valence-electron chi connectivity index (χ1n) is 19.5. The normalized spacial score (nSPS) is 11.4. The van der Waals surface area contributed by atoms with E-state index < -0.39 is 53.9 Å². The number of aliphatic carboxylic acids is 6. The Balaban J connectivity index is 0.000000817. The second kappa shape index (κ2) is 34.6. The average molecular weight is 1050 g/mol. The van der Waals surface area contributed by atoms with Gasteiger partial charge >= 0.3 is 21.1 Å². The van der Waals surface area contributed by atoms with Gasteiger partial charge < -0.3 is 107 Å². The van der Waals surface area contributed by atoms with Crippen LogP contribution in [0.3, 0.4) is 0 Å². The van der Waals surface area contributed by atoms with Crippen molar-refractivity contribution < 1.29 is 95.8 Å². The molecule has 0 bridgehead atoms. The van der Waals surface area contributed by atoms with Crippen molar-refractivity contribution in [3.63, 3.8) is 0 Å². The fourth-order valence-corrected chi connectivity index (χ4v) is 4.46. The number of rotatable bonds is 15. The number of hydrogen-bond donors (Lipinski definition) is 9. The van der Waals surface area contributed by atoms with Crippen LogP contribution in [0.25, 0.3) is 18.2 Å². The topological polar surface area (TPSA) is 466 Å². The van der Waals surface area contributed by atoms with Crippen LogP contribution in [-0.2, 0) is 69.1 Å².